The first-order chi connectivity index (χ1) is 33.8. The minimum absolute atomic E-state index is 0.0201. The molecule has 12 aromatic rings. The first-order valence-electron chi connectivity index (χ1n) is 23.3. The van der Waals surface area contributed by atoms with Gasteiger partial charge < -0.3 is 14.7 Å². The van der Waals surface area contributed by atoms with E-state index in [1.165, 1.54) is 128 Å². The zero-order chi connectivity index (χ0) is 44.2. The molecule has 0 unspecified atom stereocenters. The van der Waals surface area contributed by atoms with Gasteiger partial charge in [-0.1, -0.05) is 139 Å². The number of rotatable bonds is 3. The number of hydrogen-bond acceptors (Lipinski definition) is 6. The van der Waals surface area contributed by atoms with Crippen molar-refractivity contribution in [2.45, 2.75) is 9.79 Å². The van der Waals surface area contributed by atoms with E-state index in [2.05, 4.69) is 227 Å². The average Bonchev–Trinajstić information content (AvgIpc) is 3.98. The van der Waals surface area contributed by atoms with E-state index in [0.29, 0.717) is 0 Å². The molecule has 0 aliphatic carbocycles. The molecule has 0 bridgehead atoms. The van der Waals surface area contributed by atoms with Crippen molar-refractivity contribution in [3.8, 4) is 0 Å². The maximum Gasteiger partial charge on any atom is 0.252 e. The van der Waals surface area contributed by atoms with Crippen LogP contribution in [0.3, 0.4) is 0 Å². The second-order valence-corrected chi connectivity index (χ2v) is 21.5. The van der Waals surface area contributed by atoms with Crippen LogP contribution in [0.15, 0.2) is 222 Å². The molecule has 2 aromatic heterocycles. The first-order valence-corrected chi connectivity index (χ1v) is 25.8. The summed E-state index contributed by atoms with van der Waals surface area (Å²) in [5.41, 5.74) is 19.2. The molecule has 0 saturated heterocycles. The largest absolute Gasteiger partial charge is 0.311 e. The van der Waals surface area contributed by atoms with Gasteiger partial charge >= 0.3 is 0 Å². The number of anilines is 9. The van der Waals surface area contributed by atoms with Crippen LogP contribution in [0.2, 0.25) is 0 Å². The average molecular weight is 916 g/mol. The Labute approximate surface area is 406 Å². The molecule has 16 rings (SSSR count). The SMILES string of the molecule is c1ccc(N2c3cc4c(cc3B3c5ccc6sc7ccccc7c6c5N(c5ccccc5)c5cccc2c53)B2c3ccc5sc6ccccc6c5c3N(c3ccccc3)c3cccc(c32)S4)cc1. The van der Waals surface area contributed by atoms with Crippen LogP contribution in [-0.2, 0) is 0 Å². The summed E-state index contributed by atoms with van der Waals surface area (Å²) in [5, 5.41) is 5.30. The molecule has 0 spiro atoms. The highest BCUT2D eigenvalue weighted by Crippen LogP contribution is 2.51. The molecule has 68 heavy (non-hydrogen) atoms. The summed E-state index contributed by atoms with van der Waals surface area (Å²) in [7, 11) is 0. The molecule has 0 amide bonds. The van der Waals surface area contributed by atoms with Crippen LogP contribution in [0.1, 0.15) is 0 Å². The number of para-hydroxylation sites is 3. The fraction of sp³-hybridized carbons (Fsp3) is 0. The third-order valence-corrected chi connectivity index (χ3v) is 18.3. The number of benzene rings is 10. The van der Waals surface area contributed by atoms with Gasteiger partial charge in [-0.2, -0.15) is 0 Å². The van der Waals surface area contributed by atoms with Crippen molar-refractivity contribution in [3.05, 3.63) is 212 Å². The van der Waals surface area contributed by atoms with Crippen LogP contribution >= 0.6 is 34.4 Å². The quantitative estimate of drug-likeness (QED) is 0.163. The summed E-state index contributed by atoms with van der Waals surface area (Å²) >= 11 is 5.73. The van der Waals surface area contributed by atoms with E-state index in [0.717, 1.165) is 5.69 Å². The van der Waals surface area contributed by atoms with E-state index in [1.54, 1.807) is 0 Å². The van der Waals surface area contributed by atoms with Crippen molar-refractivity contribution >= 4 is 172 Å². The number of hydrogen-bond donors (Lipinski definition) is 0. The molecule has 314 valence electrons. The molecule has 0 radical (unpaired) electrons. The molecule has 0 saturated carbocycles. The minimum Gasteiger partial charge on any atom is -0.311 e. The lowest BCUT2D eigenvalue weighted by Crippen LogP contribution is -2.64. The van der Waals surface area contributed by atoms with Gasteiger partial charge in [-0.15, -0.1) is 22.7 Å². The Morgan fingerprint density at radius 1 is 0.309 bits per heavy atom. The van der Waals surface area contributed by atoms with E-state index in [4.69, 9.17) is 0 Å². The van der Waals surface area contributed by atoms with Crippen molar-refractivity contribution in [2.75, 3.05) is 14.7 Å². The fourth-order valence-electron chi connectivity index (χ4n) is 12.2. The summed E-state index contributed by atoms with van der Waals surface area (Å²) in [5.74, 6) is 0. The smallest absolute Gasteiger partial charge is 0.252 e. The van der Waals surface area contributed by atoms with Crippen LogP contribution < -0.4 is 47.5 Å². The Morgan fingerprint density at radius 3 is 1.35 bits per heavy atom. The van der Waals surface area contributed by atoms with Gasteiger partial charge in [0.2, 0.25) is 6.71 Å². The third kappa shape index (κ3) is 5.01. The number of fused-ring (bicyclic) bond motifs is 16. The highest BCUT2D eigenvalue weighted by atomic mass is 32.2. The topological polar surface area (TPSA) is 9.72 Å². The molecule has 10 aromatic carbocycles. The zero-order valence-electron chi connectivity index (χ0n) is 36.4. The van der Waals surface area contributed by atoms with Crippen molar-refractivity contribution in [2.24, 2.45) is 0 Å². The monoisotopic (exact) mass is 915 g/mol. The minimum atomic E-state index is -0.0201. The second-order valence-electron chi connectivity index (χ2n) is 18.3. The number of thiophene rings is 2. The molecule has 0 atom stereocenters. The van der Waals surface area contributed by atoms with Gasteiger partial charge in [-0.05, 0) is 118 Å². The Morgan fingerprint density at radius 2 is 0.779 bits per heavy atom. The molecular weight excluding hydrogens is 881 g/mol. The Kier molecular flexibility index (Phi) is 7.76. The van der Waals surface area contributed by atoms with E-state index in [-0.39, 0.29) is 13.4 Å². The van der Waals surface area contributed by atoms with Crippen molar-refractivity contribution in [1.29, 1.82) is 0 Å². The lowest BCUT2D eigenvalue weighted by molar-refractivity contribution is 1.25. The van der Waals surface area contributed by atoms with Crippen LogP contribution in [0.25, 0.3) is 40.3 Å². The third-order valence-electron chi connectivity index (χ3n) is 14.9. The number of nitrogens with zero attached hydrogens (tertiary/aromatic N) is 3. The Hall–Kier alpha value is -7.48. The molecule has 6 heterocycles. The summed E-state index contributed by atoms with van der Waals surface area (Å²) in [4.78, 5) is 10.3. The Balaban J connectivity index is 1.02. The van der Waals surface area contributed by atoms with E-state index in [1.807, 2.05) is 34.4 Å². The molecule has 3 nitrogen and oxygen atoms in total. The second kappa shape index (κ2) is 14.0. The van der Waals surface area contributed by atoms with E-state index >= 15 is 0 Å². The highest BCUT2D eigenvalue weighted by molar-refractivity contribution is 8.00. The molecule has 8 heteroatoms. The van der Waals surface area contributed by atoms with Gasteiger partial charge in [0.25, 0.3) is 6.71 Å². The summed E-state index contributed by atoms with van der Waals surface area (Å²) < 4.78 is 5.27. The maximum absolute atomic E-state index is 2.65. The lowest BCUT2D eigenvalue weighted by atomic mass is 9.31. The maximum atomic E-state index is 2.65. The molecule has 4 aliphatic rings. The Bertz CT molecular complexity index is 4110. The van der Waals surface area contributed by atoms with Gasteiger partial charge in [0.05, 0.1) is 11.4 Å². The van der Waals surface area contributed by atoms with Crippen molar-refractivity contribution in [3.63, 3.8) is 0 Å². The van der Waals surface area contributed by atoms with Gasteiger partial charge in [0, 0.05) is 89.9 Å². The normalized spacial score (nSPS) is 14.0. The predicted octanol–water partition coefficient (Wildman–Crippen LogP) is 13.3. The summed E-state index contributed by atoms with van der Waals surface area (Å²) in [6.07, 6.45) is 0. The van der Waals surface area contributed by atoms with Crippen LogP contribution in [-0.4, -0.2) is 13.4 Å². The molecule has 4 aliphatic heterocycles. The first kappa shape index (κ1) is 37.6. The van der Waals surface area contributed by atoms with Crippen LogP contribution in [0, 0.1) is 0 Å². The van der Waals surface area contributed by atoms with Crippen molar-refractivity contribution in [1.82, 2.24) is 0 Å². The molecule has 0 fully saturated rings. The lowest BCUT2D eigenvalue weighted by Gasteiger charge is -2.45. The standard InChI is InChI=1S/C60H35B2N3S3/c1-4-16-36(17-5-1)63-45-24-14-25-46-57(45)61(41-30-32-51-55(39-22-10-12-27-49(39)66-51)59(41)64(46)37-18-6-2-7-19-37)43-34-44-54(35-48(43)63)68-53-29-15-26-47-58(53)62(44)42-31-33-52-56(40-23-11-13-28-50(40)67-52)60(42)65(47)38-20-8-3-9-21-38/h1-35H. The molecule has 0 N–H and O–H groups in total. The van der Waals surface area contributed by atoms with Gasteiger partial charge in [-0.25, -0.2) is 0 Å². The fourth-order valence-corrected chi connectivity index (χ4v) is 15.6. The molecular formula is C60H35B2N3S3. The van der Waals surface area contributed by atoms with E-state index in [9.17, 15) is 0 Å². The zero-order valence-corrected chi connectivity index (χ0v) is 38.9. The van der Waals surface area contributed by atoms with Crippen molar-refractivity contribution < 1.29 is 0 Å². The van der Waals surface area contributed by atoms with Gasteiger partial charge in [-0.3, -0.25) is 0 Å². The van der Waals surface area contributed by atoms with Crippen LogP contribution in [0.5, 0.6) is 0 Å². The van der Waals surface area contributed by atoms with Gasteiger partial charge in [0.1, 0.15) is 0 Å². The van der Waals surface area contributed by atoms with E-state index < -0.39 is 0 Å². The highest BCUT2D eigenvalue weighted by Gasteiger charge is 2.47. The predicted molar refractivity (Wildman–Crippen MR) is 296 cm³/mol. The van der Waals surface area contributed by atoms with Gasteiger partial charge in [0.15, 0.2) is 0 Å². The summed E-state index contributed by atoms with van der Waals surface area (Å²) in [6.45, 7) is 0.00284. The van der Waals surface area contributed by atoms with Crippen LogP contribution in [0.4, 0.5) is 51.2 Å². The summed E-state index contributed by atoms with van der Waals surface area (Å²) in [6, 6.07) is 80.0.